The van der Waals surface area contributed by atoms with Crippen LogP contribution in [0.4, 0.5) is 23.8 Å². The van der Waals surface area contributed by atoms with Gasteiger partial charge in [-0.3, -0.25) is 9.69 Å². The van der Waals surface area contributed by atoms with E-state index in [1.807, 2.05) is 0 Å². The summed E-state index contributed by atoms with van der Waals surface area (Å²) < 4.78 is 38.7. The standard InChI is InChI=1S/C11H12F3N5O2/c1-10(11(12,13)14)8(20)19(9(21)17-10)5-6-3-2-4-7(16-6)18-15/h2-4H,5,15H2,1H3,(H,16,18)(H,17,21). The largest absolute Gasteiger partial charge is 0.420 e. The van der Waals surface area contributed by atoms with Crippen LogP contribution in [0.1, 0.15) is 12.6 Å². The first-order valence-corrected chi connectivity index (χ1v) is 5.82. The molecule has 1 saturated heterocycles. The molecule has 1 aromatic heterocycles. The van der Waals surface area contributed by atoms with Crippen molar-refractivity contribution in [1.82, 2.24) is 15.2 Å². The number of nitrogens with zero attached hydrogens (tertiary/aromatic N) is 2. The van der Waals surface area contributed by atoms with Gasteiger partial charge < -0.3 is 10.7 Å². The van der Waals surface area contributed by atoms with Crippen LogP contribution < -0.4 is 16.6 Å². The summed E-state index contributed by atoms with van der Waals surface area (Å²) in [5, 5.41) is 1.66. The first-order chi connectivity index (χ1) is 9.69. The minimum Gasteiger partial charge on any atom is -0.316 e. The number of nitrogens with two attached hydrogens (primary N) is 1. The van der Waals surface area contributed by atoms with Crippen LogP contribution in [0.25, 0.3) is 0 Å². The molecular formula is C11H12F3N5O2. The fourth-order valence-corrected chi connectivity index (χ4v) is 1.84. The zero-order chi connectivity index (χ0) is 15.8. The lowest BCUT2D eigenvalue weighted by Gasteiger charge is -2.24. The van der Waals surface area contributed by atoms with Crippen molar-refractivity contribution in [2.45, 2.75) is 25.2 Å². The highest BCUT2D eigenvalue weighted by Gasteiger charge is 2.64. The van der Waals surface area contributed by atoms with E-state index >= 15 is 0 Å². The molecule has 0 aliphatic carbocycles. The Bertz CT molecular complexity index is 591. The van der Waals surface area contributed by atoms with E-state index in [-0.39, 0.29) is 18.1 Å². The summed E-state index contributed by atoms with van der Waals surface area (Å²) >= 11 is 0. The van der Waals surface area contributed by atoms with Gasteiger partial charge in [0.25, 0.3) is 5.91 Å². The number of aromatic nitrogens is 1. The molecule has 10 heteroatoms. The highest BCUT2D eigenvalue weighted by Crippen LogP contribution is 2.35. The number of hydrazine groups is 1. The topological polar surface area (TPSA) is 100 Å². The molecule has 1 atom stereocenters. The maximum Gasteiger partial charge on any atom is 0.420 e. The molecule has 0 bridgehead atoms. The third-order valence-corrected chi connectivity index (χ3v) is 3.12. The maximum absolute atomic E-state index is 12.9. The Morgan fingerprint density at radius 3 is 2.62 bits per heavy atom. The Kier molecular flexibility index (Phi) is 3.49. The molecule has 1 fully saturated rings. The molecule has 4 N–H and O–H groups in total. The lowest BCUT2D eigenvalue weighted by molar-refractivity contribution is -0.191. The molecule has 0 radical (unpaired) electrons. The third-order valence-electron chi connectivity index (χ3n) is 3.12. The molecule has 3 amide bonds. The van der Waals surface area contributed by atoms with Gasteiger partial charge in [-0.05, 0) is 19.1 Å². The number of alkyl halides is 3. The van der Waals surface area contributed by atoms with Gasteiger partial charge in [0, 0.05) is 0 Å². The zero-order valence-corrected chi connectivity index (χ0v) is 10.9. The van der Waals surface area contributed by atoms with Crippen molar-refractivity contribution >= 4 is 17.8 Å². The Labute approximate surface area is 117 Å². The van der Waals surface area contributed by atoms with Crippen molar-refractivity contribution < 1.29 is 22.8 Å². The van der Waals surface area contributed by atoms with Gasteiger partial charge in [0.15, 0.2) is 0 Å². The van der Waals surface area contributed by atoms with E-state index < -0.39 is 23.7 Å². The summed E-state index contributed by atoms with van der Waals surface area (Å²) in [4.78, 5) is 27.9. The quantitative estimate of drug-likeness (QED) is 0.434. The van der Waals surface area contributed by atoms with E-state index in [4.69, 9.17) is 5.84 Å². The molecule has 1 aromatic rings. The van der Waals surface area contributed by atoms with Crippen LogP contribution in [0.15, 0.2) is 18.2 Å². The number of amides is 3. The fourth-order valence-electron chi connectivity index (χ4n) is 1.84. The van der Waals surface area contributed by atoms with Gasteiger partial charge in [-0.15, -0.1) is 0 Å². The number of carbonyl (C=O) groups is 2. The van der Waals surface area contributed by atoms with E-state index in [0.717, 1.165) is 0 Å². The van der Waals surface area contributed by atoms with Gasteiger partial charge in [-0.1, -0.05) is 6.07 Å². The van der Waals surface area contributed by atoms with Gasteiger partial charge in [-0.25, -0.2) is 15.6 Å². The number of imide groups is 1. The first-order valence-electron chi connectivity index (χ1n) is 5.82. The monoisotopic (exact) mass is 303 g/mol. The normalized spacial score (nSPS) is 22.4. The lowest BCUT2D eigenvalue weighted by atomic mass is 10.0. The average Bonchev–Trinajstić information content (AvgIpc) is 2.63. The van der Waals surface area contributed by atoms with Crippen molar-refractivity contribution in [3.63, 3.8) is 0 Å². The number of urea groups is 1. The minimum absolute atomic E-state index is 0.223. The molecule has 114 valence electrons. The van der Waals surface area contributed by atoms with Crippen molar-refractivity contribution in [1.29, 1.82) is 0 Å². The van der Waals surface area contributed by atoms with Crippen molar-refractivity contribution in [2.24, 2.45) is 5.84 Å². The molecule has 0 saturated carbocycles. The van der Waals surface area contributed by atoms with Gasteiger partial charge in [0.05, 0.1) is 12.2 Å². The van der Waals surface area contributed by atoms with Crippen LogP contribution in [0.2, 0.25) is 0 Å². The number of rotatable bonds is 3. The number of halogens is 3. The second kappa shape index (κ2) is 4.88. The Hall–Kier alpha value is -2.36. The molecule has 1 aliphatic heterocycles. The van der Waals surface area contributed by atoms with E-state index in [1.165, 1.54) is 12.1 Å². The summed E-state index contributed by atoms with van der Waals surface area (Å²) in [6.45, 7) is 0.240. The van der Waals surface area contributed by atoms with Gasteiger partial charge >= 0.3 is 12.2 Å². The van der Waals surface area contributed by atoms with Crippen molar-refractivity contribution in [2.75, 3.05) is 5.43 Å². The van der Waals surface area contributed by atoms with Crippen LogP contribution in [0, 0.1) is 0 Å². The van der Waals surface area contributed by atoms with E-state index in [1.54, 1.807) is 11.4 Å². The number of pyridine rings is 1. The first kappa shape index (κ1) is 15.0. The second-order valence-electron chi connectivity index (χ2n) is 4.60. The molecule has 1 unspecified atom stereocenters. The summed E-state index contributed by atoms with van der Waals surface area (Å²) in [5.74, 6) is 4.06. The Morgan fingerprint density at radius 1 is 1.43 bits per heavy atom. The Balaban J connectivity index is 2.25. The van der Waals surface area contributed by atoms with E-state index in [9.17, 15) is 22.8 Å². The summed E-state index contributed by atoms with van der Waals surface area (Å²) in [5.41, 5.74) is -0.440. The predicted molar refractivity (Wildman–Crippen MR) is 65.6 cm³/mol. The molecule has 2 heterocycles. The number of anilines is 1. The molecule has 1 aliphatic rings. The summed E-state index contributed by atoms with van der Waals surface area (Å²) in [7, 11) is 0. The smallest absolute Gasteiger partial charge is 0.316 e. The molecular weight excluding hydrogens is 291 g/mol. The van der Waals surface area contributed by atoms with Crippen molar-refractivity contribution in [3.8, 4) is 0 Å². The van der Waals surface area contributed by atoms with Crippen LogP contribution in [0.3, 0.4) is 0 Å². The number of hydrogen-bond acceptors (Lipinski definition) is 5. The highest BCUT2D eigenvalue weighted by atomic mass is 19.4. The summed E-state index contributed by atoms with van der Waals surface area (Å²) in [6.07, 6.45) is -4.89. The van der Waals surface area contributed by atoms with Crippen LogP contribution in [-0.2, 0) is 11.3 Å². The van der Waals surface area contributed by atoms with Crippen molar-refractivity contribution in [3.05, 3.63) is 23.9 Å². The van der Waals surface area contributed by atoms with Crippen LogP contribution in [0.5, 0.6) is 0 Å². The average molecular weight is 303 g/mol. The number of nitrogens with one attached hydrogen (secondary N) is 2. The van der Waals surface area contributed by atoms with Crippen LogP contribution >= 0.6 is 0 Å². The highest BCUT2D eigenvalue weighted by molar-refractivity contribution is 6.07. The Morgan fingerprint density at radius 2 is 2.10 bits per heavy atom. The number of nitrogen functional groups attached to an aromatic ring is 1. The zero-order valence-electron chi connectivity index (χ0n) is 10.9. The molecule has 7 nitrogen and oxygen atoms in total. The summed E-state index contributed by atoms with van der Waals surface area (Å²) in [6, 6.07) is 3.41. The van der Waals surface area contributed by atoms with E-state index in [0.29, 0.717) is 11.8 Å². The fraction of sp³-hybridized carbons (Fsp3) is 0.364. The number of hydrogen-bond donors (Lipinski definition) is 3. The lowest BCUT2D eigenvalue weighted by Crippen LogP contribution is -2.56. The molecule has 21 heavy (non-hydrogen) atoms. The maximum atomic E-state index is 12.9. The minimum atomic E-state index is -4.89. The second-order valence-corrected chi connectivity index (χ2v) is 4.60. The molecule has 0 spiro atoms. The third kappa shape index (κ3) is 2.49. The molecule has 2 rings (SSSR count). The van der Waals surface area contributed by atoms with Gasteiger partial charge in [0.2, 0.25) is 5.54 Å². The predicted octanol–water partition coefficient (Wildman–Crippen LogP) is 0.740. The van der Waals surface area contributed by atoms with Crippen LogP contribution in [-0.4, -0.2) is 33.5 Å². The van der Waals surface area contributed by atoms with Gasteiger partial charge in [0.1, 0.15) is 5.82 Å². The molecule has 0 aromatic carbocycles. The van der Waals surface area contributed by atoms with Gasteiger partial charge in [-0.2, -0.15) is 13.2 Å². The SMILES string of the molecule is CC1(C(F)(F)F)NC(=O)N(Cc2cccc(NN)n2)C1=O. The van der Waals surface area contributed by atoms with E-state index in [2.05, 4.69) is 10.4 Å². The number of carbonyl (C=O) groups excluding carboxylic acids is 2.